The van der Waals surface area contributed by atoms with Crippen molar-refractivity contribution >= 4 is 21.6 Å². The third-order valence-electron chi connectivity index (χ3n) is 2.27. The Morgan fingerprint density at radius 1 is 1.29 bits per heavy atom. The summed E-state index contributed by atoms with van der Waals surface area (Å²) in [6.45, 7) is 3.03. The second-order valence-corrected chi connectivity index (χ2v) is 5.93. The summed E-state index contributed by atoms with van der Waals surface area (Å²) in [6.07, 6.45) is 0.735. The van der Waals surface area contributed by atoms with Crippen LogP contribution in [0.3, 0.4) is 0 Å². The number of aryl methyl sites for hydroxylation is 1. The lowest BCUT2D eigenvalue weighted by atomic mass is 10.2. The molecule has 0 fully saturated rings. The Morgan fingerprint density at radius 3 is 2.59 bits per heavy atom. The highest BCUT2D eigenvalue weighted by molar-refractivity contribution is 7.89. The molecule has 17 heavy (non-hydrogen) atoms. The lowest BCUT2D eigenvalue weighted by Crippen LogP contribution is -2.27. The predicted molar refractivity (Wildman–Crippen MR) is 69.9 cm³/mol. The molecule has 0 atom stereocenters. The summed E-state index contributed by atoms with van der Waals surface area (Å²) < 4.78 is 26.3. The van der Waals surface area contributed by atoms with Gasteiger partial charge in [0.05, 0.1) is 5.02 Å². The number of benzene rings is 1. The highest BCUT2D eigenvalue weighted by atomic mass is 35.5. The van der Waals surface area contributed by atoms with Crippen LogP contribution in [-0.4, -0.2) is 28.6 Å². The molecular formula is C11H17ClN2O2S. The molecule has 0 aliphatic carbocycles. The van der Waals surface area contributed by atoms with E-state index in [1.54, 1.807) is 12.1 Å². The topological polar surface area (TPSA) is 58.2 Å². The molecule has 0 aliphatic rings. The number of halogens is 1. The molecule has 1 aromatic rings. The second-order valence-electron chi connectivity index (χ2n) is 3.79. The average molecular weight is 277 g/mol. The Bertz CT molecular complexity index is 474. The van der Waals surface area contributed by atoms with Crippen molar-refractivity contribution in [3.8, 4) is 0 Å². The third kappa shape index (κ3) is 4.27. The number of rotatable bonds is 6. The van der Waals surface area contributed by atoms with E-state index in [9.17, 15) is 8.42 Å². The van der Waals surface area contributed by atoms with Crippen molar-refractivity contribution in [2.24, 2.45) is 0 Å². The first-order valence-electron chi connectivity index (χ1n) is 5.38. The normalized spacial score (nSPS) is 11.7. The maximum absolute atomic E-state index is 11.9. The van der Waals surface area contributed by atoms with Crippen LogP contribution in [0.2, 0.25) is 5.02 Å². The monoisotopic (exact) mass is 276 g/mol. The molecule has 96 valence electrons. The Hall–Kier alpha value is -0.620. The summed E-state index contributed by atoms with van der Waals surface area (Å²) in [5.41, 5.74) is 0.934. The highest BCUT2D eigenvalue weighted by Crippen LogP contribution is 2.22. The van der Waals surface area contributed by atoms with Gasteiger partial charge < -0.3 is 5.32 Å². The standard InChI is InChI=1S/C11H17ClN2O2S/c1-9-4-5-11(10(12)8-9)17(15,16)14-7-3-6-13-2/h4-5,8,13-14H,3,6-7H2,1-2H3. The van der Waals surface area contributed by atoms with Gasteiger partial charge in [-0.3, -0.25) is 0 Å². The van der Waals surface area contributed by atoms with Gasteiger partial charge in [0.1, 0.15) is 4.90 Å². The van der Waals surface area contributed by atoms with Crippen LogP contribution in [0.5, 0.6) is 0 Å². The smallest absolute Gasteiger partial charge is 0.242 e. The van der Waals surface area contributed by atoms with Crippen molar-refractivity contribution in [2.45, 2.75) is 18.2 Å². The number of nitrogens with one attached hydrogen (secondary N) is 2. The molecule has 0 spiro atoms. The average Bonchev–Trinajstić information content (AvgIpc) is 2.24. The molecule has 0 radical (unpaired) electrons. The van der Waals surface area contributed by atoms with E-state index in [1.807, 2.05) is 14.0 Å². The first-order chi connectivity index (χ1) is 7.97. The minimum absolute atomic E-state index is 0.134. The van der Waals surface area contributed by atoms with E-state index in [0.717, 1.165) is 18.5 Å². The Morgan fingerprint density at radius 2 is 2.00 bits per heavy atom. The van der Waals surface area contributed by atoms with Crippen LogP contribution >= 0.6 is 11.6 Å². The van der Waals surface area contributed by atoms with Crippen molar-refractivity contribution in [2.75, 3.05) is 20.1 Å². The summed E-state index contributed by atoms with van der Waals surface area (Å²) in [7, 11) is -1.67. The van der Waals surface area contributed by atoms with Crippen molar-refractivity contribution in [3.05, 3.63) is 28.8 Å². The minimum atomic E-state index is -3.50. The molecule has 2 N–H and O–H groups in total. The fraction of sp³-hybridized carbons (Fsp3) is 0.455. The van der Waals surface area contributed by atoms with Crippen LogP contribution in [0.1, 0.15) is 12.0 Å². The summed E-state index contributed by atoms with van der Waals surface area (Å²) >= 11 is 5.92. The van der Waals surface area contributed by atoms with E-state index >= 15 is 0 Å². The molecule has 0 aliphatic heterocycles. The van der Waals surface area contributed by atoms with Crippen molar-refractivity contribution < 1.29 is 8.42 Å². The molecule has 0 heterocycles. The van der Waals surface area contributed by atoms with Gasteiger partial charge in [-0.05, 0) is 44.6 Å². The Labute approximate surface area is 107 Å². The van der Waals surface area contributed by atoms with Gasteiger partial charge in [0, 0.05) is 6.54 Å². The molecule has 0 saturated heterocycles. The first-order valence-corrected chi connectivity index (χ1v) is 7.24. The molecule has 0 unspecified atom stereocenters. The molecule has 6 heteroatoms. The zero-order chi connectivity index (χ0) is 12.9. The van der Waals surface area contributed by atoms with Crippen molar-refractivity contribution in [1.29, 1.82) is 0 Å². The predicted octanol–water partition coefficient (Wildman–Crippen LogP) is 1.54. The summed E-state index contributed by atoms with van der Waals surface area (Å²) in [5, 5.41) is 3.21. The van der Waals surface area contributed by atoms with E-state index in [2.05, 4.69) is 10.0 Å². The van der Waals surface area contributed by atoms with Gasteiger partial charge in [0.2, 0.25) is 10.0 Å². The summed E-state index contributed by atoms with van der Waals surface area (Å²) in [6, 6.07) is 4.90. The fourth-order valence-electron chi connectivity index (χ4n) is 1.37. The zero-order valence-corrected chi connectivity index (χ0v) is 11.5. The van der Waals surface area contributed by atoms with E-state index < -0.39 is 10.0 Å². The molecule has 0 bridgehead atoms. The van der Waals surface area contributed by atoms with Gasteiger partial charge >= 0.3 is 0 Å². The SMILES string of the molecule is CNCCCNS(=O)(=O)c1ccc(C)cc1Cl. The van der Waals surface area contributed by atoms with E-state index in [1.165, 1.54) is 6.07 Å². The fourth-order valence-corrected chi connectivity index (χ4v) is 3.04. The lowest BCUT2D eigenvalue weighted by Gasteiger charge is -2.08. The molecule has 4 nitrogen and oxygen atoms in total. The second kappa shape index (κ2) is 6.35. The molecule has 1 rings (SSSR count). The van der Waals surface area contributed by atoms with Gasteiger partial charge in [-0.15, -0.1) is 0 Å². The summed E-state index contributed by atoms with van der Waals surface area (Å²) in [5.74, 6) is 0. The van der Waals surface area contributed by atoms with Crippen LogP contribution < -0.4 is 10.0 Å². The van der Waals surface area contributed by atoms with Crippen LogP contribution in [0.15, 0.2) is 23.1 Å². The van der Waals surface area contributed by atoms with Gasteiger partial charge in [-0.2, -0.15) is 0 Å². The Kier molecular flexibility index (Phi) is 5.39. The van der Waals surface area contributed by atoms with Gasteiger partial charge in [0.15, 0.2) is 0 Å². The van der Waals surface area contributed by atoms with Crippen LogP contribution in [0, 0.1) is 6.92 Å². The number of hydrogen-bond acceptors (Lipinski definition) is 3. The minimum Gasteiger partial charge on any atom is -0.320 e. The first kappa shape index (κ1) is 14.4. The number of sulfonamides is 1. The molecule has 1 aromatic carbocycles. The lowest BCUT2D eigenvalue weighted by molar-refractivity contribution is 0.577. The van der Waals surface area contributed by atoms with E-state index in [-0.39, 0.29) is 9.92 Å². The maximum Gasteiger partial charge on any atom is 0.242 e. The quantitative estimate of drug-likeness (QED) is 0.775. The Balaban J connectivity index is 2.76. The largest absolute Gasteiger partial charge is 0.320 e. The van der Waals surface area contributed by atoms with Crippen LogP contribution in [-0.2, 0) is 10.0 Å². The summed E-state index contributed by atoms with van der Waals surface area (Å²) in [4.78, 5) is 0.134. The van der Waals surface area contributed by atoms with E-state index in [4.69, 9.17) is 11.6 Å². The van der Waals surface area contributed by atoms with Crippen LogP contribution in [0.25, 0.3) is 0 Å². The third-order valence-corrected chi connectivity index (χ3v) is 4.22. The van der Waals surface area contributed by atoms with Crippen molar-refractivity contribution in [3.63, 3.8) is 0 Å². The van der Waals surface area contributed by atoms with Crippen molar-refractivity contribution in [1.82, 2.24) is 10.0 Å². The molecular weight excluding hydrogens is 260 g/mol. The molecule has 0 aromatic heterocycles. The van der Waals surface area contributed by atoms with E-state index in [0.29, 0.717) is 6.54 Å². The molecule has 0 amide bonds. The van der Waals surface area contributed by atoms with Crippen LogP contribution in [0.4, 0.5) is 0 Å². The zero-order valence-electron chi connectivity index (χ0n) is 9.96. The van der Waals surface area contributed by atoms with Gasteiger partial charge in [-0.1, -0.05) is 17.7 Å². The number of hydrogen-bond donors (Lipinski definition) is 2. The highest BCUT2D eigenvalue weighted by Gasteiger charge is 2.16. The van der Waals surface area contributed by atoms with Gasteiger partial charge in [0.25, 0.3) is 0 Å². The van der Waals surface area contributed by atoms with Gasteiger partial charge in [-0.25, -0.2) is 13.1 Å². The molecule has 0 saturated carbocycles. The maximum atomic E-state index is 11.9.